The molecule has 1 atom stereocenters. The summed E-state index contributed by atoms with van der Waals surface area (Å²) < 4.78 is 5.00. The largest absolute Gasteiger partial charge is 0.447 e. The lowest BCUT2D eigenvalue weighted by Crippen LogP contribution is -2.01. The Kier molecular flexibility index (Phi) is 2.48. The summed E-state index contributed by atoms with van der Waals surface area (Å²) in [5.41, 5.74) is 0.821. The molecule has 1 aromatic carbocycles. The lowest BCUT2D eigenvalue weighted by molar-refractivity contribution is -0.139. The number of hydrogen-bond acceptors (Lipinski definition) is 2. The van der Waals surface area contributed by atoms with E-state index in [0.717, 1.165) is 5.56 Å². The van der Waals surface area contributed by atoms with Crippen LogP contribution in [0.4, 0.5) is 0 Å². The van der Waals surface area contributed by atoms with Crippen molar-refractivity contribution >= 4 is 29.2 Å². The van der Waals surface area contributed by atoms with Crippen molar-refractivity contribution in [2.24, 2.45) is 0 Å². The van der Waals surface area contributed by atoms with Gasteiger partial charge in [-0.25, -0.2) is 4.79 Å². The van der Waals surface area contributed by atoms with E-state index in [1.54, 1.807) is 0 Å². The van der Waals surface area contributed by atoms with E-state index in [-0.39, 0.29) is 10.1 Å². The highest BCUT2D eigenvalue weighted by Crippen LogP contribution is 2.38. The zero-order valence-electron chi connectivity index (χ0n) is 7.04. The van der Waals surface area contributed by atoms with Gasteiger partial charge in [0.25, 0.3) is 0 Å². The second-order valence-electron chi connectivity index (χ2n) is 2.86. The minimum Gasteiger partial charge on any atom is -0.447 e. The number of halogens is 2. The third-order valence-corrected chi connectivity index (χ3v) is 2.79. The van der Waals surface area contributed by atoms with Crippen molar-refractivity contribution in [2.75, 3.05) is 0 Å². The van der Waals surface area contributed by atoms with Crippen LogP contribution in [-0.2, 0) is 9.53 Å². The minimum absolute atomic E-state index is 0.0273. The Balaban J connectivity index is 2.36. The summed E-state index contributed by atoms with van der Waals surface area (Å²) in [6.07, 6.45) is -0.544. The maximum Gasteiger partial charge on any atom is 0.352 e. The van der Waals surface area contributed by atoms with Gasteiger partial charge in [0.05, 0.1) is 5.03 Å². The van der Waals surface area contributed by atoms with E-state index in [4.69, 9.17) is 27.9 Å². The van der Waals surface area contributed by atoms with Crippen molar-refractivity contribution in [2.45, 2.75) is 6.10 Å². The van der Waals surface area contributed by atoms with Crippen LogP contribution in [0, 0.1) is 0 Å². The van der Waals surface area contributed by atoms with E-state index in [2.05, 4.69) is 0 Å². The van der Waals surface area contributed by atoms with Gasteiger partial charge in [0.2, 0.25) is 0 Å². The molecule has 0 bridgehead atoms. The molecule has 0 saturated carbocycles. The number of ether oxygens (including phenoxy) is 1. The fraction of sp³-hybridized carbons (Fsp3) is 0.100. The highest BCUT2D eigenvalue weighted by atomic mass is 35.5. The normalized spacial score (nSPS) is 21.3. The van der Waals surface area contributed by atoms with Crippen molar-refractivity contribution in [3.05, 3.63) is 46.0 Å². The van der Waals surface area contributed by atoms with E-state index in [1.807, 2.05) is 30.3 Å². The topological polar surface area (TPSA) is 26.3 Å². The SMILES string of the molecule is O=C1OC(c2ccccc2)C(Cl)=C1Cl. The number of carbonyl (C=O) groups excluding carboxylic acids is 1. The molecule has 72 valence electrons. The monoisotopic (exact) mass is 228 g/mol. The van der Waals surface area contributed by atoms with Gasteiger partial charge >= 0.3 is 5.97 Å². The van der Waals surface area contributed by atoms with E-state index >= 15 is 0 Å². The average Bonchev–Trinajstić information content (AvgIpc) is 2.47. The number of benzene rings is 1. The number of hydrogen-bond donors (Lipinski definition) is 0. The van der Waals surface area contributed by atoms with Crippen molar-refractivity contribution < 1.29 is 9.53 Å². The standard InChI is InChI=1S/C10H6Cl2O2/c11-7-8(12)10(13)14-9(7)6-4-2-1-3-5-6/h1-5,9H. The fourth-order valence-corrected chi connectivity index (χ4v) is 1.66. The summed E-state index contributed by atoms with van der Waals surface area (Å²) in [6.45, 7) is 0. The molecular weight excluding hydrogens is 223 g/mol. The molecular formula is C10H6Cl2O2. The first-order valence-corrected chi connectivity index (χ1v) is 4.77. The zero-order valence-corrected chi connectivity index (χ0v) is 8.55. The van der Waals surface area contributed by atoms with Gasteiger partial charge in [-0.05, 0) is 5.56 Å². The summed E-state index contributed by atoms with van der Waals surface area (Å²) in [6, 6.07) is 9.23. The summed E-state index contributed by atoms with van der Waals surface area (Å²) in [4.78, 5) is 11.1. The third-order valence-electron chi connectivity index (χ3n) is 1.95. The molecule has 2 rings (SSSR count). The smallest absolute Gasteiger partial charge is 0.352 e. The Morgan fingerprint density at radius 3 is 2.29 bits per heavy atom. The molecule has 1 aliphatic heterocycles. The van der Waals surface area contributed by atoms with Crippen LogP contribution in [0.5, 0.6) is 0 Å². The predicted molar refractivity (Wildman–Crippen MR) is 54.0 cm³/mol. The number of carbonyl (C=O) groups is 1. The van der Waals surface area contributed by atoms with Crippen LogP contribution in [0.2, 0.25) is 0 Å². The number of cyclic esters (lactones) is 1. The van der Waals surface area contributed by atoms with Crippen LogP contribution in [0.3, 0.4) is 0 Å². The Morgan fingerprint density at radius 2 is 1.79 bits per heavy atom. The first kappa shape index (κ1) is 9.56. The summed E-state index contributed by atoms with van der Waals surface area (Å²) in [5.74, 6) is -0.564. The van der Waals surface area contributed by atoms with Crippen molar-refractivity contribution in [3.8, 4) is 0 Å². The van der Waals surface area contributed by atoms with Gasteiger partial charge in [0.15, 0.2) is 6.10 Å². The van der Waals surface area contributed by atoms with E-state index in [9.17, 15) is 4.79 Å². The quantitative estimate of drug-likeness (QED) is 0.692. The van der Waals surface area contributed by atoms with Gasteiger partial charge in [-0.3, -0.25) is 0 Å². The highest BCUT2D eigenvalue weighted by molar-refractivity contribution is 6.48. The molecule has 0 aromatic heterocycles. The van der Waals surface area contributed by atoms with Crippen LogP contribution >= 0.6 is 23.2 Å². The molecule has 0 aliphatic carbocycles. The minimum atomic E-state index is -0.564. The first-order chi connectivity index (χ1) is 6.70. The predicted octanol–water partition coefficient (Wildman–Crippen LogP) is 2.97. The Morgan fingerprint density at radius 1 is 1.14 bits per heavy atom. The molecule has 0 saturated heterocycles. The van der Waals surface area contributed by atoms with E-state index in [0.29, 0.717) is 0 Å². The molecule has 0 fully saturated rings. The molecule has 2 nitrogen and oxygen atoms in total. The lowest BCUT2D eigenvalue weighted by Gasteiger charge is -2.09. The zero-order chi connectivity index (χ0) is 10.1. The average molecular weight is 229 g/mol. The molecule has 1 aromatic rings. The molecule has 4 heteroatoms. The third kappa shape index (κ3) is 1.51. The lowest BCUT2D eigenvalue weighted by atomic mass is 10.1. The van der Waals surface area contributed by atoms with E-state index in [1.165, 1.54) is 0 Å². The summed E-state index contributed by atoms with van der Waals surface area (Å²) >= 11 is 11.5. The van der Waals surface area contributed by atoms with Gasteiger partial charge < -0.3 is 4.74 Å². The van der Waals surface area contributed by atoms with Crippen LogP contribution in [0.1, 0.15) is 11.7 Å². The highest BCUT2D eigenvalue weighted by Gasteiger charge is 2.32. The van der Waals surface area contributed by atoms with Gasteiger partial charge in [-0.15, -0.1) is 0 Å². The number of rotatable bonds is 1. The molecule has 14 heavy (non-hydrogen) atoms. The second kappa shape index (κ2) is 3.64. The summed E-state index contributed by atoms with van der Waals surface area (Å²) in [5, 5.41) is 0.225. The molecule has 1 aliphatic rings. The Bertz CT molecular complexity index is 398. The Hall–Kier alpha value is -0.990. The molecule has 1 unspecified atom stereocenters. The van der Waals surface area contributed by atoms with E-state index < -0.39 is 12.1 Å². The van der Waals surface area contributed by atoms with Crippen LogP contribution in [0.25, 0.3) is 0 Å². The second-order valence-corrected chi connectivity index (χ2v) is 3.64. The summed E-state index contributed by atoms with van der Waals surface area (Å²) in [7, 11) is 0. The van der Waals surface area contributed by atoms with Gasteiger partial charge in [0, 0.05) is 0 Å². The maximum absolute atomic E-state index is 11.1. The molecule has 0 radical (unpaired) electrons. The van der Waals surface area contributed by atoms with Gasteiger partial charge in [-0.2, -0.15) is 0 Å². The molecule has 0 N–H and O–H groups in total. The van der Waals surface area contributed by atoms with Crippen molar-refractivity contribution in [3.63, 3.8) is 0 Å². The molecule has 0 amide bonds. The van der Waals surface area contributed by atoms with Crippen molar-refractivity contribution in [1.82, 2.24) is 0 Å². The number of esters is 1. The van der Waals surface area contributed by atoms with Crippen LogP contribution in [-0.4, -0.2) is 5.97 Å². The fourth-order valence-electron chi connectivity index (χ4n) is 1.27. The van der Waals surface area contributed by atoms with Gasteiger partial charge in [-0.1, -0.05) is 53.5 Å². The van der Waals surface area contributed by atoms with Crippen molar-refractivity contribution in [1.29, 1.82) is 0 Å². The Labute approximate surface area is 91.1 Å². The molecule has 1 heterocycles. The van der Waals surface area contributed by atoms with Crippen LogP contribution < -0.4 is 0 Å². The molecule has 0 spiro atoms. The first-order valence-electron chi connectivity index (χ1n) is 4.01. The van der Waals surface area contributed by atoms with Crippen LogP contribution in [0.15, 0.2) is 40.4 Å². The maximum atomic E-state index is 11.1. The van der Waals surface area contributed by atoms with Gasteiger partial charge in [0.1, 0.15) is 5.03 Å².